The molecule has 1 aromatic heterocycles. The molecule has 0 radical (unpaired) electrons. The van der Waals surface area contributed by atoms with Crippen LogP contribution in [0.1, 0.15) is 31.3 Å². The molecule has 0 aliphatic carbocycles. The number of hydrogen-bond donors (Lipinski definition) is 1. The first-order valence-corrected chi connectivity index (χ1v) is 8.64. The highest BCUT2D eigenvalue weighted by Gasteiger charge is 2.12. The molecule has 136 valence electrons. The van der Waals surface area contributed by atoms with E-state index in [1.54, 1.807) is 24.3 Å². The van der Waals surface area contributed by atoms with Gasteiger partial charge in [-0.2, -0.15) is 0 Å². The third-order valence-electron chi connectivity index (χ3n) is 2.97. The zero-order chi connectivity index (χ0) is 19.4. The van der Waals surface area contributed by atoms with Gasteiger partial charge in [-0.3, -0.25) is 4.79 Å². The minimum Gasteiger partial charge on any atom is -0.451 e. The van der Waals surface area contributed by atoms with Gasteiger partial charge in [0.25, 0.3) is 5.91 Å². The Bertz CT molecular complexity index is 813. The van der Waals surface area contributed by atoms with Crippen molar-refractivity contribution in [2.45, 2.75) is 20.8 Å². The normalized spacial score (nSPS) is 9.08. The van der Waals surface area contributed by atoms with Crippen LogP contribution < -0.4 is 5.32 Å². The van der Waals surface area contributed by atoms with Crippen molar-refractivity contribution < 1.29 is 14.0 Å². The molecule has 0 aliphatic rings. The van der Waals surface area contributed by atoms with E-state index in [4.69, 9.17) is 20.8 Å². The van der Waals surface area contributed by atoms with E-state index in [-0.39, 0.29) is 11.7 Å². The van der Waals surface area contributed by atoms with Gasteiger partial charge < -0.3 is 14.5 Å². The van der Waals surface area contributed by atoms with E-state index in [0.717, 1.165) is 17.5 Å². The number of rotatable bonds is 3. The number of para-hydroxylation sites is 1. The predicted molar refractivity (Wildman–Crippen MR) is 107 cm³/mol. The van der Waals surface area contributed by atoms with Crippen LogP contribution in [0.15, 0.2) is 71.1 Å². The number of aldehydes is 1. The number of benzene rings is 2. The lowest BCUT2D eigenvalue weighted by Gasteiger charge is -2.02. The fourth-order valence-corrected chi connectivity index (χ4v) is 2.16. The van der Waals surface area contributed by atoms with Crippen molar-refractivity contribution in [3.8, 4) is 11.3 Å². The molecule has 0 aliphatic heterocycles. The summed E-state index contributed by atoms with van der Waals surface area (Å²) >= 11 is 5.95. The minimum absolute atomic E-state index is 0.258. The second-order valence-corrected chi connectivity index (χ2v) is 5.17. The second-order valence-electron chi connectivity index (χ2n) is 4.73. The average molecular weight is 372 g/mol. The van der Waals surface area contributed by atoms with Crippen LogP contribution in [0.3, 0.4) is 0 Å². The van der Waals surface area contributed by atoms with Crippen molar-refractivity contribution in [3.63, 3.8) is 0 Å². The molecule has 1 N–H and O–H groups in total. The van der Waals surface area contributed by atoms with Gasteiger partial charge in [-0.25, -0.2) is 0 Å². The maximum atomic E-state index is 12.1. The van der Waals surface area contributed by atoms with Crippen LogP contribution in [0.5, 0.6) is 0 Å². The minimum atomic E-state index is -0.283. The lowest BCUT2D eigenvalue weighted by atomic mass is 10.2. The monoisotopic (exact) mass is 371 g/mol. The molecule has 0 atom stereocenters. The first-order valence-electron chi connectivity index (χ1n) is 8.26. The summed E-state index contributed by atoms with van der Waals surface area (Å²) < 4.78 is 5.59. The number of hydrogen-bond acceptors (Lipinski definition) is 3. The van der Waals surface area contributed by atoms with E-state index < -0.39 is 0 Å². The van der Waals surface area contributed by atoms with Gasteiger partial charge in [0.15, 0.2) is 5.76 Å². The molecule has 0 saturated carbocycles. The van der Waals surface area contributed by atoms with Crippen LogP contribution in [-0.4, -0.2) is 12.2 Å². The molecule has 5 heteroatoms. The highest BCUT2D eigenvalue weighted by atomic mass is 35.5. The van der Waals surface area contributed by atoms with Gasteiger partial charge in [0.05, 0.1) is 0 Å². The molecule has 0 bridgehead atoms. The number of halogens is 1. The third kappa shape index (κ3) is 6.57. The lowest BCUT2D eigenvalue weighted by molar-refractivity contribution is -0.106. The van der Waals surface area contributed by atoms with Gasteiger partial charge in [-0.15, -0.1) is 0 Å². The first kappa shape index (κ1) is 21.2. The summed E-state index contributed by atoms with van der Waals surface area (Å²) in [5, 5.41) is 3.40. The van der Waals surface area contributed by atoms with Crippen LogP contribution in [0.4, 0.5) is 5.69 Å². The van der Waals surface area contributed by atoms with Crippen LogP contribution in [0.2, 0.25) is 5.02 Å². The summed E-state index contributed by atoms with van der Waals surface area (Å²) in [5.41, 5.74) is 1.56. The molecule has 3 rings (SSSR count). The van der Waals surface area contributed by atoms with E-state index in [2.05, 4.69) is 5.32 Å². The van der Waals surface area contributed by atoms with E-state index in [1.165, 1.54) is 6.92 Å². The van der Waals surface area contributed by atoms with Gasteiger partial charge >= 0.3 is 0 Å². The van der Waals surface area contributed by atoms with E-state index in [9.17, 15) is 4.79 Å². The molecule has 1 amide bonds. The molecule has 0 saturated heterocycles. The summed E-state index contributed by atoms with van der Waals surface area (Å²) in [6.07, 6.45) is 0.750. The predicted octanol–water partition coefficient (Wildman–Crippen LogP) is 6.08. The molecule has 1 heterocycles. The van der Waals surface area contributed by atoms with Gasteiger partial charge in [-0.05, 0) is 43.3 Å². The van der Waals surface area contributed by atoms with Crippen molar-refractivity contribution in [2.24, 2.45) is 0 Å². The Kier molecular flexibility index (Phi) is 9.50. The Morgan fingerprint density at radius 3 is 2.27 bits per heavy atom. The third-order valence-corrected chi connectivity index (χ3v) is 3.21. The number of anilines is 1. The van der Waals surface area contributed by atoms with E-state index in [1.807, 2.05) is 56.3 Å². The number of amides is 1. The van der Waals surface area contributed by atoms with Gasteiger partial charge in [-0.1, -0.05) is 55.8 Å². The smallest absolute Gasteiger partial charge is 0.291 e. The number of furan rings is 1. The summed E-state index contributed by atoms with van der Waals surface area (Å²) in [4.78, 5) is 20.9. The fourth-order valence-electron chi connectivity index (χ4n) is 1.97. The van der Waals surface area contributed by atoms with E-state index in [0.29, 0.717) is 10.8 Å². The molecule has 0 spiro atoms. The van der Waals surface area contributed by atoms with E-state index >= 15 is 0 Å². The van der Waals surface area contributed by atoms with Crippen LogP contribution >= 0.6 is 11.6 Å². The standard InChI is InChI=1S/C17H12ClNO2.C2H4O.C2H6/c18-13-6-4-5-12(11-13)15-9-10-16(21-15)17(20)19-14-7-2-1-3-8-14;1-2-3;1-2/h1-11H,(H,19,20);2H,1H3;1-2H3. The van der Waals surface area contributed by atoms with Gasteiger partial charge in [0, 0.05) is 16.3 Å². The topological polar surface area (TPSA) is 59.3 Å². The van der Waals surface area contributed by atoms with Gasteiger partial charge in [0.1, 0.15) is 12.0 Å². The largest absolute Gasteiger partial charge is 0.451 e. The van der Waals surface area contributed by atoms with Crippen molar-refractivity contribution in [1.29, 1.82) is 0 Å². The number of carbonyl (C=O) groups is 2. The van der Waals surface area contributed by atoms with Crippen LogP contribution in [-0.2, 0) is 4.79 Å². The molecule has 4 nitrogen and oxygen atoms in total. The first-order chi connectivity index (χ1) is 12.6. The fraction of sp³-hybridized carbons (Fsp3) is 0.143. The Balaban J connectivity index is 0.000000615. The Morgan fingerprint density at radius 1 is 1.00 bits per heavy atom. The SMILES string of the molecule is CC.CC=O.O=C(Nc1ccccc1)c1ccc(-c2cccc(Cl)c2)o1. The number of carbonyl (C=O) groups excluding carboxylic acids is 2. The molecular weight excluding hydrogens is 350 g/mol. The van der Waals surface area contributed by atoms with Crippen molar-refractivity contribution in [1.82, 2.24) is 0 Å². The highest BCUT2D eigenvalue weighted by molar-refractivity contribution is 6.30. The molecule has 2 aromatic carbocycles. The molecule has 26 heavy (non-hydrogen) atoms. The summed E-state index contributed by atoms with van der Waals surface area (Å²) in [5.74, 6) is 0.582. The molecular formula is C21H22ClNO3. The van der Waals surface area contributed by atoms with Crippen LogP contribution in [0.25, 0.3) is 11.3 Å². The van der Waals surface area contributed by atoms with Crippen molar-refractivity contribution in [2.75, 3.05) is 5.32 Å². The lowest BCUT2D eigenvalue weighted by Crippen LogP contribution is -2.10. The molecule has 0 unspecified atom stereocenters. The molecule has 0 fully saturated rings. The van der Waals surface area contributed by atoms with Crippen molar-refractivity contribution in [3.05, 3.63) is 77.5 Å². The quantitative estimate of drug-likeness (QED) is 0.567. The van der Waals surface area contributed by atoms with Gasteiger partial charge in [0.2, 0.25) is 0 Å². The second kappa shape index (κ2) is 11.7. The Labute approximate surface area is 158 Å². The highest BCUT2D eigenvalue weighted by Crippen LogP contribution is 2.25. The molecule has 3 aromatic rings. The zero-order valence-corrected chi connectivity index (χ0v) is 15.8. The zero-order valence-electron chi connectivity index (χ0n) is 15.0. The summed E-state index contributed by atoms with van der Waals surface area (Å²) in [6.45, 7) is 5.44. The maximum Gasteiger partial charge on any atom is 0.291 e. The Morgan fingerprint density at radius 2 is 1.65 bits per heavy atom. The number of nitrogens with one attached hydrogen (secondary N) is 1. The summed E-state index contributed by atoms with van der Waals surface area (Å²) in [6, 6.07) is 19.9. The maximum absolute atomic E-state index is 12.1. The van der Waals surface area contributed by atoms with Crippen LogP contribution in [0, 0.1) is 0 Å². The summed E-state index contributed by atoms with van der Waals surface area (Å²) in [7, 11) is 0. The van der Waals surface area contributed by atoms with Crippen molar-refractivity contribution >= 4 is 29.5 Å². The Hall–Kier alpha value is -2.85. The average Bonchev–Trinajstić information content (AvgIpc) is 3.15.